The lowest BCUT2D eigenvalue weighted by Crippen LogP contribution is -2.36. The van der Waals surface area contributed by atoms with Crippen LogP contribution in [0.4, 0.5) is 11.4 Å². The van der Waals surface area contributed by atoms with Crippen molar-refractivity contribution >= 4 is 28.7 Å². The molecule has 3 N–H and O–H groups in total. The Morgan fingerprint density at radius 3 is 2.71 bits per heavy atom. The van der Waals surface area contributed by atoms with Crippen molar-refractivity contribution in [2.45, 2.75) is 6.92 Å². The second-order valence-corrected chi connectivity index (χ2v) is 4.53. The summed E-state index contributed by atoms with van der Waals surface area (Å²) in [5.41, 5.74) is 8.80. The molecule has 0 radical (unpaired) electrons. The first-order valence-electron chi connectivity index (χ1n) is 5.66. The Morgan fingerprint density at radius 1 is 1.41 bits per heavy atom. The van der Waals surface area contributed by atoms with Crippen LogP contribution < -0.4 is 16.0 Å². The van der Waals surface area contributed by atoms with Crippen molar-refractivity contribution in [1.29, 1.82) is 0 Å². The van der Waals surface area contributed by atoms with Gasteiger partial charge in [0, 0.05) is 24.5 Å². The summed E-state index contributed by atoms with van der Waals surface area (Å²) in [6.45, 7) is 5.53. The van der Waals surface area contributed by atoms with Crippen LogP contribution in [0, 0.1) is 6.92 Å². The van der Waals surface area contributed by atoms with Crippen molar-refractivity contribution in [2.75, 3.05) is 36.5 Å². The third-order valence-corrected chi connectivity index (χ3v) is 2.95. The summed E-state index contributed by atoms with van der Waals surface area (Å²) in [5.74, 6) is 0. The molecule has 17 heavy (non-hydrogen) atoms. The molecule has 1 aromatic rings. The number of rotatable bonds is 2. The quantitative estimate of drug-likeness (QED) is 0.780. The van der Waals surface area contributed by atoms with Gasteiger partial charge in [0.05, 0.1) is 13.2 Å². The van der Waals surface area contributed by atoms with Gasteiger partial charge in [0.1, 0.15) is 0 Å². The van der Waals surface area contributed by atoms with Gasteiger partial charge in [-0.3, -0.25) is 0 Å². The summed E-state index contributed by atoms with van der Waals surface area (Å²) in [7, 11) is 0. The highest BCUT2D eigenvalue weighted by atomic mass is 32.1. The lowest BCUT2D eigenvalue weighted by atomic mass is 10.1. The zero-order valence-electron chi connectivity index (χ0n) is 9.90. The van der Waals surface area contributed by atoms with Crippen LogP contribution in [0.3, 0.4) is 0 Å². The van der Waals surface area contributed by atoms with Crippen LogP contribution in [0.15, 0.2) is 18.2 Å². The van der Waals surface area contributed by atoms with Gasteiger partial charge >= 0.3 is 0 Å². The van der Waals surface area contributed by atoms with E-state index in [1.807, 2.05) is 13.0 Å². The van der Waals surface area contributed by atoms with Crippen LogP contribution in [0.2, 0.25) is 0 Å². The van der Waals surface area contributed by atoms with Crippen molar-refractivity contribution in [3.8, 4) is 0 Å². The van der Waals surface area contributed by atoms with Crippen LogP contribution in [0.5, 0.6) is 0 Å². The van der Waals surface area contributed by atoms with Gasteiger partial charge in [-0.1, -0.05) is 0 Å². The van der Waals surface area contributed by atoms with Gasteiger partial charge < -0.3 is 20.7 Å². The molecule has 92 valence electrons. The molecule has 1 fully saturated rings. The first-order valence-corrected chi connectivity index (χ1v) is 6.07. The van der Waals surface area contributed by atoms with Gasteiger partial charge in [-0.25, -0.2) is 0 Å². The molecule has 1 heterocycles. The average molecular weight is 251 g/mol. The average Bonchev–Trinajstić information content (AvgIpc) is 2.32. The number of ether oxygens (including phenoxy) is 1. The summed E-state index contributed by atoms with van der Waals surface area (Å²) < 4.78 is 5.34. The molecule has 2 rings (SSSR count). The first-order chi connectivity index (χ1) is 8.16. The van der Waals surface area contributed by atoms with Crippen molar-refractivity contribution in [3.05, 3.63) is 23.8 Å². The number of benzene rings is 1. The third kappa shape index (κ3) is 3.08. The van der Waals surface area contributed by atoms with E-state index in [0.29, 0.717) is 5.11 Å². The van der Waals surface area contributed by atoms with Crippen molar-refractivity contribution in [2.24, 2.45) is 5.73 Å². The smallest absolute Gasteiger partial charge is 0.168 e. The van der Waals surface area contributed by atoms with E-state index < -0.39 is 0 Å². The number of aryl methyl sites for hydroxylation is 1. The molecule has 1 aliphatic heterocycles. The number of thiocarbonyl (C=S) groups is 1. The summed E-state index contributed by atoms with van der Waals surface area (Å²) in [4.78, 5) is 2.32. The molecular weight excluding hydrogens is 234 g/mol. The highest BCUT2D eigenvalue weighted by Gasteiger charge is 2.11. The fraction of sp³-hybridized carbons (Fsp3) is 0.417. The molecule has 0 unspecified atom stereocenters. The van der Waals surface area contributed by atoms with E-state index in [-0.39, 0.29) is 0 Å². The van der Waals surface area contributed by atoms with Gasteiger partial charge in [0.15, 0.2) is 5.11 Å². The minimum atomic E-state index is 0.298. The summed E-state index contributed by atoms with van der Waals surface area (Å²) in [6, 6.07) is 6.24. The number of nitrogens with one attached hydrogen (secondary N) is 1. The molecule has 1 saturated heterocycles. The highest BCUT2D eigenvalue weighted by Crippen LogP contribution is 2.23. The molecule has 0 aliphatic carbocycles. The molecule has 1 aliphatic rings. The minimum Gasteiger partial charge on any atom is -0.378 e. The van der Waals surface area contributed by atoms with E-state index in [0.717, 1.165) is 37.6 Å². The molecular formula is C12H17N3OS. The second kappa shape index (κ2) is 5.33. The molecule has 0 saturated carbocycles. The molecule has 5 heteroatoms. The van der Waals surface area contributed by atoms with E-state index in [2.05, 4.69) is 22.3 Å². The maximum absolute atomic E-state index is 5.47. The zero-order chi connectivity index (χ0) is 12.3. The van der Waals surface area contributed by atoms with Crippen molar-refractivity contribution in [3.63, 3.8) is 0 Å². The number of morpholine rings is 1. The predicted molar refractivity (Wildman–Crippen MR) is 74.6 cm³/mol. The predicted octanol–water partition coefficient (Wildman–Crippen LogP) is 1.49. The number of anilines is 2. The van der Waals surface area contributed by atoms with Crippen LogP contribution >= 0.6 is 12.2 Å². The number of nitrogens with two attached hydrogens (primary N) is 1. The number of hydrogen-bond acceptors (Lipinski definition) is 3. The topological polar surface area (TPSA) is 50.5 Å². The SMILES string of the molecule is Cc1cc(N2CCOCC2)ccc1NC(N)=S. The second-order valence-electron chi connectivity index (χ2n) is 4.09. The Morgan fingerprint density at radius 2 is 2.12 bits per heavy atom. The van der Waals surface area contributed by atoms with E-state index >= 15 is 0 Å². The number of nitrogens with zero attached hydrogens (tertiary/aromatic N) is 1. The van der Waals surface area contributed by atoms with Crippen molar-refractivity contribution < 1.29 is 4.74 Å². The van der Waals surface area contributed by atoms with Crippen molar-refractivity contribution in [1.82, 2.24) is 0 Å². The van der Waals surface area contributed by atoms with Crippen LogP contribution in [0.25, 0.3) is 0 Å². The van der Waals surface area contributed by atoms with Crippen LogP contribution in [-0.2, 0) is 4.74 Å². The Hall–Kier alpha value is -1.33. The molecule has 0 spiro atoms. The van der Waals surface area contributed by atoms with Gasteiger partial charge in [0.2, 0.25) is 0 Å². The van der Waals surface area contributed by atoms with Gasteiger partial charge in [-0.15, -0.1) is 0 Å². The monoisotopic (exact) mass is 251 g/mol. The maximum Gasteiger partial charge on any atom is 0.168 e. The maximum atomic E-state index is 5.47. The Balaban J connectivity index is 2.14. The highest BCUT2D eigenvalue weighted by molar-refractivity contribution is 7.80. The molecule has 0 atom stereocenters. The fourth-order valence-electron chi connectivity index (χ4n) is 1.94. The first kappa shape index (κ1) is 12.1. The molecule has 0 amide bonds. The molecule has 4 nitrogen and oxygen atoms in total. The normalized spacial score (nSPS) is 15.7. The zero-order valence-corrected chi connectivity index (χ0v) is 10.7. The Kier molecular flexibility index (Phi) is 3.81. The lowest BCUT2D eigenvalue weighted by Gasteiger charge is -2.29. The van der Waals surface area contributed by atoms with E-state index in [1.165, 1.54) is 5.69 Å². The Labute approximate surface area is 107 Å². The summed E-state index contributed by atoms with van der Waals surface area (Å²) in [6.07, 6.45) is 0. The number of hydrogen-bond donors (Lipinski definition) is 2. The van der Waals surface area contributed by atoms with Gasteiger partial charge in [-0.2, -0.15) is 0 Å². The third-order valence-electron chi connectivity index (χ3n) is 2.84. The van der Waals surface area contributed by atoms with E-state index in [4.69, 9.17) is 22.7 Å². The fourth-order valence-corrected chi connectivity index (χ4v) is 2.05. The van der Waals surface area contributed by atoms with Gasteiger partial charge in [-0.05, 0) is 42.9 Å². The largest absolute Gasteiger partial charge is 0.378 e. The molecule has 0 bridgehead atoms. The van der Waals surface area contributed by atoms with E-state index in [1.54, 1.807) is 0 Å². The lowest BCUT2D eigenvalue weighted by molar-refractivity contribution is 0.122. The standard InChI is InChI=1S/C12H17N3OS/c1-9-8-10(15-4-6-16-7-5-15)2-3-11(9)14-12(13)17/h2-3,8H,4-7H2,1H3,(H3,13,14,17). The Bertz CT molecular complexity index is 416. The summed E-state index contributed by atoms with van der Waals surface area (Å²) >= 11 is 4.83. The summed E-state index contributed by atoms with van der Waals surface area (Å²) in [5, 5.41) is 3.27. The van der Waals surface area contributed by atoms with E-state index in [9.17, 15) is 0 Å². The van der Waals surface area contributed by atoms with Crippen LogP contribution in [0.1, 0.15) is 5.56 Å². The molecule has 1 aromatic carbocycles. The van der Waals surface area contributed by atoms with Crippen LogP contribution in [-0.4, -0.2) is 31.4 Å². The molecule has 0 aromatic heterocycles. The van der Waals surface area contributed by atoms with Gasteiger partial charge in [0.25, 0.3) is 0 Å². The minimum absolute atomic E-state index is 0.298.